The van der Waals surface area contributed by atoms with E-state index in [1.807, 2.05) is 42.5 Å². The van der Waals surface area contributed by atoms with Crippen molar-refractivity contribution in [1.82, 2.24) is 19.7 Å². The van der Waals surface area contributed by atoms with Crippen molar-refractivity contribution in [1.29, 1.82) is 0 Å². The summed E-state index contributed by atoms with van der Waals surface area (Å²) in [5.74, 6) is 0.985. The van der Waals surface area contributed by atoms with E-state index in [2.05, 4.69) is 42.1 Å². The van der Waals surface area contributed by atoms with Gasteiger partial charge in [0.05, 0.1) is 16.0 Å². The summed E-state index contributed by atoms with van der Waals surface area (Å²) in [6, 6.07) is 18.0. The molecule has 2 aromatic heterocycles. The van der Waals surface area contributed by atoms with E-state index in [1.54, 1.807) is 0 Å². The van der Waals surface area contributed by atoms with Gasteiger partial charge in [0.2, 0.25) is 11.9 Å². The van der Waals surface area contributed by atoms with Gasteiger partial charge in [0.1, 0.15) is 0 Å². The Bertz CT molecular complexity index is 1110. The number of carbonyl (C=O) groups excluding carboxylic acids is 1. The van der Waals surface area contributed by atoms with Crippen LogP contribution in [0.5, 0.6) is 0 Å². The molecule has 0 unspecified atom stereocenters. The van der Waals surface area contributed by atoms with Gasteiger partial charge in [0.15, 0.2) is 10.3 Å². The minimum Gasteiger partial charge on any atom is -0.309 e. The largest absolute Gasteiger partial charge is 0.309 e. The maximum atomic E-state index is 12.3. The van der Waals surface area contributed by atoms with Gasteiger partial charge in [-0.3, -0.25) is 9.36 Å². The number of nitrogens with zero attached hydrogens (tertiary/aromatic N) is 5. The van der Waals surface area contributed by atoms with E-state index in [0.717, 1.165) is 40.1 Å². The Labute approximate surface area is 169 Å². The average Bonchev–Trinajstić information content (AvgIpc) is 3.41. The molecule has 0 radical (unpaired) electrons. The normalized spacial score (nSPS) is 13.1. The number of thioether (sulfide) groups is 1. The maximum absolute atomic E-state index is 12.3. The first kappa shape index (κ1) is 17.2. The Morgan fingerprint density at radius 2 is 1.89 bits per heavy atom. The molecule has 0 saturated carbocycles. The van der Waals surface area contributed by atoms with Crippen LogP contribution in [0.4, 0.5) is 16.8 Å². The standard InChI is InChI=1S/C19H16N6OS2/c26-16(21-17-20-14-8-4-5-9-15(14)28-17)12-27-19-23-22-18-24(10-11-25(18)19)13-6-2-1-3-7-13/h1-9H,10-12H2,(H,20,21,26). The highest BCUT2D eigenvalue weighted by atomic mass is 32.2. The number of thiazole rings is 1. The van der Waals surface area contributed by atoms with Crippen LogP contribution in [0.25, 0.3) is 10.2 Å². The van der Waals surface area contributed by atoms with Crippen molar-refractivity contribution in [2.75, 3.05) is 22.5 Å². The molecule has 28 heavy (non-hydrogen) atoms. The van der Waals surface area contributed by atoms with Crippen molar-refractivity contribution in [2.45, 2.75) is 11.7 Å². The Kier molecular flexibility index (Phi) is 4.46. The summed E-state index contributed by atoms with van der Waals surface area (Å²) in [4.78, 5) is 18.9. The molecule has 0 saturated heterocycles. The molecule has 1 N–H and O–H groups in total. The van der Waals surface area contributed by atoms with Crippen molar-refractivity contribution in [3.63, 3.8) is 0 Å². The third kappa shape index (κ3) is 3.23. The molecule has 140 valence electrons. The molecular weight excluding hydrogens is 392 g/mol. The zero-order valence-electron chi connectivity index (χ0n) is 14.8. The molecular formula is C19H16N6OS2. The van der Waals surface area contributed by atoms with Crippen LogP contribution in [0, 0.1) is 0 Å². The van der Waals surface area contributed by atoms with E-state index in [1.165, 1.54) is 23.1 Å². The molecule has 5 rings (SSSR count). The summed E-state index contributed by atoms with van der Waals surface area (Å²) < 4.78 is 3.12. The maximum Gasteiger partial charge on any atom is 0.236 e. The zero-order valence-corrected chi connectivity index (χ0v) is 16.4. The highest BCUT2D eigenvalue weighted by Gasteiger charge is 2.26. The first-order valence-electron chi connectivity index (χ1n) is 8.82. The first-order chi connectivity index (χ1) is 13.8. The van der Waals surface area contributed by atoms with E-state index in [4.69, 9.17) is 0 Å². The fourth-order valence-electron chi connectivity index (χ4n) is 3.15. The van der Waals surface area contributed by atoms with Gasteiger partial charge < -0.3 is 10.2 Å². The lowest BCUT2D eigenvalue weighted by atomic mass is 10.3. The van der Waals surface area contributed by atoms with Gasteiger partial charge in [-0.05, 0) is 24.3 Å². The van der Waals surface area contributed by atoms with Crippen molar-refractivity contribution < 1.29 is 4.79 Å². The fourth-order valence-corrected chi connectivity index (χ4v) is 4.79. The number of hydrogen-bond acceptors (Lipinski definition) is 7. The molecule has 4 aromatic rings. The Hall–Kier alpha value is -2.91. The minimum atomic E-state index is -0.0979. The molecule has 9 heteroatoms. The highest BCUT2D eigenvalue weighted by Crippen LogP contribution is 2.32. The Morgan fingerprint density at radius 3 is 2.75 bits per heavy atom. The molecule has 1 amide bonds. The van der Waals surface area contributed by atoms with Crippen LogP contribution >= 0.6 is 23.1 Å². The van der Waals surface area contributed by atoms with Crippen molar-refractivity contribution in [3.8, 4) is 0 Å². The number of benzene rings is 2. The first-order valence-corrected chi connectivity index (χ1v) is 10.6. The van der Waals surface area contributed by atoms with Gasteiger partial charge in [0.25, 0.3) is 0 Å². The van der Waals surface area contributed by atoms with Crippen molar-refractivity contribution in [3.05, 3.63) is 54.6 Å². The predicted octanol–water partition coefficient (Wildman–Crippen LogP) is 3.77. The number of fused-ring (bicyclic) bond motifs is 2. The van der Waals surface area contributed by atoms with Gasteiger partial charge in [-0.1, -0.05) is 53.4 Å². The van der Waals surface area contributed by atoms with Crippen LogP contribution in [0.2, 0.25) is 0 Å². The lowest BCUT2D eigenvalue weighted by Crippen LogP contribution is -2.14. The number of aromatic nitrogens is 4. The van der Waals surface area contributed by atoms with Crippen LogP contribution in [0.3, 0.4) is 0 Å². The third-order valence-corrected chi connectivity index (χ3v) is 6.35. The number of para-hydroxylation sites is 2. The van der Waals surface area contributed by atoms with Crippen LogP contribution in [-0.2, 0) is 11.3 Å². The number of carbonyl (C=O) groups is 1. The van der Waals surface area contributed by atoms with Gasteiger partial charge in [0, 0.05) is 18.8 Å². The number of rotatable bonds is 5. The molecule has 0 aliphatic carbocycles. The second-order valence-electron chi connectivity index (χ2n) is 6.24. The Balaban J connectivity index is 1.25. The summed E-state index contributed by atoms with van der Waals surface area (Å²) in [5, 5.41) is 12.8. The predicted molar refractivity (Wildman–Crippen MR) is 112 cm³/mol. The second-order valence-corrected chi connectivity index (χ2v) is 8.22. The van der Waals surface area contributed by atoms with Crippen molar-refractivity contribution in [2.24, 2.45) is 0 Å². The molecule has 1 aliphatic rings. The number of amides is 1. The summed E-state index contributed by atoms with van der Waals surface area (Å²) in [7, 11) is 0. The minimum absolute atomic E-state index is 0.0979. The van der Waals surface area contributed by atoms with Crippen LogP contribution in [0.15, 0.2) is 59.8 Å². The van der Waals surface area contributed by atoms with E-state index >= 15 is 0 Å². The van der Waals surface area contributed by atoms with E-state index < -0.39 is 0 Å². The Morgan fingerprint density at radius 1 is 1.07 bits per heavy atom. The van der Waals surface area contributed by atoms with Crippen molar-refractivity contribution >= 4 is 56.0 Å². The monoisotopic (exact) mass is 408 g/mol. The van der Waals surface area contributed by atoms with Crippen LogP contribution < -0.4 is 10.2 Å². The zero-order chi connectivity index (χ0) is 18.9. The number of anilines is 3. The van der Waals surface area contributed by atoms with E-state index in [0.29, 0.717) is 5.13 Å². The molecule has 1 aliphatic heterocycles. The van der Waals surface area contributed by atoms with E-state index in [9.17, 15) is 4.79 Å². The quantitative estimate of drug-likeness (QED) is 0.507. The summed E-state index contributed by atoms with van der Waals surface area (Å²) in [6.07, 6.45) is 0. The lowest BCUT2D eigenvalue weighted by molar-refractivity contribution is -0.113. The molecule has 0 atom stereocenters. The average molecular weight is 409 g/mol. The fraction of sp³-hybridized carbons (Fsp3) is 0.158. The SMILES string of the molecule is O=C(CSc1nnc2n1CCN2c1ccccc1)Nc1nc2ccccc2s1. The highest BCUT2D eigenvalue weighted by molar-refractivity contribution is 7.99. The number of nitrogens with one attached hydrogen (secondary N) is 1. The second kappa shape index (κ2) is 7.25. The van der Waals surface area contributed by atoms with Gasteiger partial charge in [-0.25, -0.2) is 4.98 Å². The molecule has 7 nitrogen and oxygen atoms in total. The summed E-state index contributed by atoms with van der Waals surface area (Å²) in [5.41, 5.74) is 1.99. The third-order valence-electron chi connectivity index (χ3n) is 4.43. The molecule has 0 spiro atoms. The topological polar surface area (TPSA) is 75.9 Å². The van der Waals surface area contributed by atoms with Crippen LogP contribution in [-0.4, -0.2) is 38.0 Å². The number of hydrogen-bond donors (Lipinski definition) is 1. The molecule has 0 fully saturated rings. The molecule has 3 heterocycles. The van der Waals surface area contributed by atoms with Gasteiger partial charge in [-0.15, -0.1) is 10.2 Å². The summed E-state index contributed by atoms with van der Waals surface area (Å²) >= 11 is 2.87. The molecule has 0 bridgehead atoms. The van der Waals surface area contributed by atoms with E-state index in [-0.39, 0.29) is 11.7 Å². The lowest BCUT2D eigenvalue weighted by Gasteiger charge is -2.14. The summed E-state index contributed by atoms with van der Waals surface area (Å²) in [6.45, 7) is 1.65. The van der Waals surface area contributed by atoms with Gasteiger partial charge >= 0.3 is 0 Å². The van der Waals surface area contributed by atoms with Gasteiger partial charge in [-0.2, -0.15) is 0 Å². The molecule has 2 aromatic carbocycles. The smallest absolute Gasteiger partial charge is 0.236 e. The van der Waals surface area contributed by atoms with Crippen LogP contribution in [0.1, 0.15) is 0 Å².